The van der Waals surface area contributed by atoms with Gasteiger partial charge >= 0.3 is 0 Å². The Bertz CT molecular complexity index is 534. The predicted molar refractivity (Wildman–Crippen MR) is 66.4 cm³/mol. The van der Waals surface area contributed by atoms with Gasteiger partial charge in [-0.05, 0) is 22.6 Å². The number of hydrogen-bond acceptors (Lipinski definition) is 6. The van der Waals surface area contributed by atoms with Gasteiger partial charge < -0.3 is 10.2 Å². The van der Waals surface area contributed by atoms with Crippen LogP contribution in [0.2, 0.25) is 0 Å². The molecule has 1 aromatic heterocycles. The lowest BCUT2D eigenvalue weighted by Crippen LogP contribution is -2.23. The Labute approximate surface area is 110 Å². The maximum absolute atomic E-state index is 9.53. The summed E-state index contributed by atoms with van der Waals surface area (Å²) in [6, 6.07) is 9.62. The quantitative estimate of drug-likeness (QED) is 0.752. The van der Waals surface area contributed by atoms with E-state index in [0.29, 0.717) is 25.5 Å². The van der Waals surface area contributed by atoms with Crippen molar-refractivity contribution in [3.05, 3.63) is 36.2 Å². The molecule has 0 spiro atoms. The molecule has 2 heterocycles. The molecule has 1 aliphatic rings. The molecule has 19 heavy (non-hydrogen) atoms. The molecule has 0 bridgehead atoms. The summed E-state index contributed by atoms with van der Waals surface area (Å²) in [5.41, 5.74) is 0.891. The molecule has 2 atom stereocenters. The zero-order chi connectivity index (χ0) is 13.2. The topological polar surface area (TPSA) is 87.3 Å². The van der Waals surface area contributed by atoms with E-state index in [1.165, 1.54) is 0 Å². The van der Waals surface area contributed by atoms with Gasteiger partial charge in [0, 0.05) is 13.1 Å². The van der Waals surface area contributed by atoms with Crippen LogP contribution < -0.4 is 0 Å². The van der Waals surface area contributed by atoms with Crippen LogP contribution in [0.15, 0.2) is 30.3 Å². The number of aromatic nitrogens is 4. The van der Waals surface area contributed by atoms with E-state index in [4.69, 9.17) is 0 Å². The van der Waals surface area contributed by atoms with E-state index in [1.807, 2.05) is 35.2 Å². The first-order valence-corrected chi connectivity index (χ1v) is 6.15. The molecule has 1 aromatic carbocycles. The molecule has 0 amide bonds. The van der Waals surface area contributed by atoms with E-state index in [9.17, 15) is 10.2 Å². The molecule has 1 fully saturated rings. The second-order valence-corrected chi connectivity index (χ2v) is 4.67. The fraction of sp³-hybridized carbons (Fsp3) is 0.417. The van der Waals surface area contributed by atoms with Crippen molar-refractivity contribution < 1.29 is 10.2 Å². The summed E-state index contributed by atoms with van der Waals surface area (Å²) in [7, 11) is 0. The Hall–Kier alpha value is -1.83. The van der Waals surface area contributed by atoms with Gasteiger partial charge in [0.1, 0.15) is 0 Å². The summed E-state index contributed by atoms with van der Waals surface area (Å²) < 4.78 is 1.66. The van der Waals surface area contributed by atoms with Crippen LogP contribution in [-0.2, 0) is 6.54 Å². The van der Waals surface area contributed by atoms with Gasteiger partial charge in [0.2, 0.25) is 0 Å². The van der Waals surface area contributed by atoms with Crippen molar-refractivity contribution in [1.82, 2.24) is 25.1 Å². The Morgan fingerprint density at radius 1 is 1.11 bits per heavy atom. The predicted octanol–water partition coefficient (Wildman–Crippen LogP) is -0.800. The highest BCUT2D eigenvalue weighted by atomic mass is 16.3. The number of para-hydroxylation sites is 1. The van der Waals surface area contributed by atoms with Crippen molar-refractivity contribution in [3.8, 4) is 5.69 Å². The molecule has 0 saturated carbocycles. The maximum atomic E-state index is 9.53. The highest BCUT2D eigenvalue weighted by Crippen LogP contribution is 2.14. The molecule has 3 rings (SSSR count). The van der Waals surface area contributed by atoms with Gasteiger partial charge in [-0.2, -0.15) is 4.68 Å². The third kappa shape index (κ3) is 2.48. The van der Waals surface area contributed by atoms with Crippen LogP contribution in [0.3, 0.4) is 0 Å². The first kappa shape index (κ1) is 12.2. The lowest BCUT2D eigenvalue weighted by Gasteiger charge is -2.13. The van der Waals surface area contributed by atoms with Crippen molar-refractivity contribution in [2.75, 3.05) is 13.1 Å². The van der Waals surface area contributed by atoms with Gasteiger partial charge in [0.05, 0.1) is 24.4 Å². The van der Waals surface area contributed by atoms with Crippen molar-refractivity contribution in [2.24, 2.45) is 0 Å². The van der Waals surface area contributed by atoms with Crippen LogP contribution in [0.25, 0.3) is 5.69 Å². The van der Waals surface area contributed by atoms with Crippen LogP contribution in [0.4, 0.5) is 0 Å². The lowest BCUT2D eigenvalue weighted by atomic mass is 10.3. The van der Waals surface area contributed by atoms with Gasteiger partial charge in [-0.1, -0.05) is 18.2 Å². The minimum Gasteiger partial charge on any atom is -0.389 e. The van der Waals surface area contributed by atoms with Crippen molar-refractivity contribution in [1.29, 1.82) is 0 Å². The van der Waals surface area contributed by atoms with Gasteiger partial charge in [0.25, 0.3) is 0 Å². The SMILES string of the molecule is O[C@@H]1CN(Cc2nnnn2-c2ccccc2)C[C@@H]1O. The Morgan fingerprint density at radius 3 is 2.47 bits per heavy atom. The second kappa shape index (κ2) is 5.04. The normalized spacial score (nSPS) is 23.9. The number of likely N-dealkylation sites (tertiary alicyclic amines) is 1. The molecule has 2 aromatic rings. The standard InChI is InChI=1S/C12H15N5O2/c18-10-6-16(7-11(10)19)8-12-13-14-15-17(12)9-4-2-1-3-5-9/h1-5,10-11,18-19H,6-8H2/t10-,11+. The summed E-state index contributed by atoms with van der Waals surface area (Å²) in [5.74, 6) is 0.688. The van der Waals surface area contributed by atoms with E-state index in [2.05, 4.69) is 15.5 Å². The summed E-state index contributed by atoms with van der Waals surface area (Å²) >= 11 is 0. The van der Waals surface area contributed by atoms with Crippen molar-refractivity contribution in [2.45, 2.75) is 18.8 Å². The number of aliphatic hydroxyl groups is 2. The number of β-amino-alcohol motifs (C(OH)–C–C–N with tert-alkyl or cyclic N) is 2. The van der Waals surface area contributed by atoms with E-state index in [1.54, 1.807) is 4.68 Å². The smallest absolute Gasteiger partial charge is 0.170 e. The largest absolute Gasteiger partial charge is 0.389 e. The van der Waals surface area contributed by atoms with E-state index < -0.39 is 12.2 Å². The van der Waals surface area contributed by atoms with Gasteiger partial charge in [-0.3, -0.25) is 4.90 Å². The molecule has 0 radical (unpaired) electrons. The zero-order valence-electron chi connectivity index (χ0n) is 10.3. The van der Waals surface area contributed by atoms with Gasteiger partial charge in [-0.15, -0.1) is 5.10 Å². The third-order valence-corrected chi connectivity index (χ3v) is 3.23. The van der Waals surface area contributed by atoms with E-state index >= 15 is 0 Å². The van der Waals surface area contributed by atoms with E-state index in [0.717, 1.165) is 5.69 Å². The Morgan fingerprint density at radius 2 is 1.79 bits per heavy atom. The van der Waals surface area contributed by atoms with Crippen LogP contribution in [-0.4, -0.2) is 60.6 Å². The number of hydrogen-bond donors (Lipinski definition) is 2. The average Bonchev–Trinajstić information content (AvgIpc) is 2.99. The number of nitrogens with zero attached hydrogens (tertiary/aromatic N) is 5. The number of rotatable bonds is 3. The number of tetrazole rings is 1. The fourth-order valence-corrected chi connectivity index (χ4v) is 2.25. The summed E-state index contributed by atoms with van der Waals surface area (Å²) in [6.45, 7) is 1.36. The number of aliphatic hydroxyl groups excluding tert-OH is 2. The van der Waals surface area contributed by atoms with Gasteiger partial charge in [-0.25, -0.2) is 0 Å². The number of benzene rings is 1. The molecule has 100 valence electrons. The van der Waals surface area contributed by atoms with Crippen LogP contribution in [0.5, 0.6) is 0 Å². The molecular weight excluding hydrogens is 246 g/mol. The first-order chi connectivity index (χ1) is 9.24. The highest BCUT2D eigenvalue weighted by Gasteiger charge is 2.30. The molecule has 7 heteroatoms. The third-order valence-electron chi connectivity index (χ3n) is 3.23. The molecule has 1 saturated heterocycles. The second-order valence-electron chi connectivity index (χ2n) is 4.67. The molecule has 7 nitrogen and oxygen atoms in total. The van der Waals surface area contributed by atoms with Gasteiger partial charge in [0.15, 0.2) is 5.82 Å². The van der Waals surface area contributed by atoms with Crippen molar-refractivity contribution >= 4 is 0 Å². The summed E-state index contributed by atoms with van der Waals surface area (Å²) in [4.78, 5) is 1.93. The molecule has 0 unspecified atom stereocenters. The summed E-state index contributed by atoms with van der Waals surface area (Å²) in [6.07, 6.45) is -1.39. The molecule has 1 aliphatic heterocycles. The molecule has 0 aliphatic carbocycles. The monoisotopic (exact) mass is 261 g/mol. The average molecular weight is 261 g/mol. The van der Waals surface area contributed by atoms with Crippen LogP contribution >= 0.6 is 0 Å². The minimum absolute atomic E-state index is 0.433. The van der Waals surface area contributed by atoms with Crippen LogP contribution in [0, 0.1) is 0 Å². The lowest BCUT2D eigenvalue weighted by molar-refractivity contribution is 0.0572. The fourth-order valence-electron chi connectivity index (χ4n) is 2.25. The van der Waals surface area contributed by atoms with E-state index in [-0.39, 0.29) is 0 Å². The maximum Gasteiger partial charge on any atom is 0.170 e. The van der Waals surface area contributed by atoms with Crippen molar-refractivity contribution in [3.63, 3.8) is 0 Å². The highest BCUT2D eigenvalue weighted by molar-refractivity contribution is 5.30. The van der Waals surface area contributed by atoms with Crippen LogP contribution in [0.1, 0.15) is 5.82 Å². The molecular formula is C12H15N5O2. The minimum atomic E-state index is -0.693. The Balaban J connectivity index is 1.78. The Kier molecular flexibility index (Phi) is 3.24. The summed E-state index contributed by atoms with van der Waals surface area (Å²) in [5, 5.41) is 30.7. The first-order valence-electron chi connectivity index (χ1n) is 6.15. The zero-order valence-corrected chi connectivity index (χ0v) is 10.3. The molecule has 2 N–H and O–H groups in total.